The highest BCUT2D eigenvalue weighted by molar-refractivity contribution is 6.30. The van der Waals surface area contributed by atoms with Crippen molar-refractivity contribution in [2.45, 2.75) is 13.8 Å². The summed E-state index contributed by atoms with van der Waals surface area (Å²) in [4.78, 5) is 37.6. The molecule has 29 heavy (non-hydrogen) atoms. The van der Waals surface area contributed by atoms with E-state index in [9.17, 15) is 14.4 Å². The van der Waals surface area contributed by atoms with Crippen molar-refractivity contribution in [2.75, 3.05) is 31.6 Å². The standard InChI is InChI=1S/C21H23ClN2O5/c1-3-24(4-2)21(27)15-5-9-17(10-6-15)23-19(25)13-29-20(26)14-28-18-11-7-16(22)8-12-18/h5-12H,3-4,13-14H2,1-2H3,(H,23,25). The van der Waals surface area contributed by atoms with E-state index in [0.29, 0.717) is 35.1 Å². The van der Waals surface area contributed by atoms with E-state index in [1.165, 1.54) is 0 Å². The Kier molecular flexibility index (Phi) is 8.48. The Hall–Kier alpha value is -3.06. The van der Waals surface area contributed by atoms with Crippen LogP contribution in [0, 0.1) is 0 Å². The molecule has 0 heterocycles. The Morgan fingerprint density at radius 2 is 1.55 bits per heavy atom. The molecule has 0 saturated carbocycles. The molecule has 0 radical (unpaired) electrons. The molecule has 0 unspecified atom stereocenters. The number of rotatable bonds is 9. The number of nitrogens with zero attached hydrogens (tertiary/aromatic N) is 1. The molecule has 7 nitrogen and oxygen atoms in total. The summed E-state index contributed by atoms with van der Waals surface area (Å²) in [6, 6.07) is 13.0. The third kappa shape index (κ3) is 7.12. The number of hydrogen-bond acceptors (Lipinski definition) is 5. The van der Waals surface area contributed by atoms with Crippen LogP contribution in [-0.4, -0.2) is 49.0 Å². The van der Waals surface area contributed by atoms with Crippen molar-refractivity contribution in [3.8, 4) is 5.75 Å². The molecule has 0 bridgehead atoms. The first kappa shape index (κ1) is 22.2. The highest BCUT2D eigenvalue weighted by Gasteiger charge is 2.13. The lowest BCUT2D eigenvalue weighted by Gasteiger charge is -2.18. The molecule has 0 spiro atoms. The maximum atomic E-state index is 12.3. The van der Waals surface area contributed by atoms with Crippen LogP contribution < -0.4 is 10.1 Å². The Morgan fingerprint density at radius 1 is 0.931 bits per heavy atom. The normalized spacial score (nSPS) is 10.2. The second kappa shape index (κ2) is 11.1. The van der Waals surface area contributed by atoms with Crippen LogP contribution in [0.5, 0.6) is 5.75 Å². The summed E-state index contributed by atoms with van der Waals surface area (Å²) in [5.41, 5.74) is 1.04. The fourth-order valence-electron chi connectivity index (χ4n) is 2.45. The Balaban J connectivity index is 1.76. The summed E-state index contributed by atoms with van der Waals surface area (Å²) in [7, 11) is 0. The lowest BCUT2D eigenvalue weighted by molar-refractivity contribution is -0.149. The van der Waals surface area contributed by atoms with Crippen molar-refractivity contribution in [2.24, 2.45) is 0 Å². The van der Waals surface area contributed by atoms with Gasteiger partial charge in [0.1, 0.15) is 5.75 Å². The molecule has 0 aliphatic carbocycles. The minimum absolute atomic E-state index is 0.0671. The number of carbonyl (C=O) groups excluding carboxylic acids is 3. The van der Waals surface area contributed by atoms with E-state index in [-0.39, 0.29) is 12.5 Å². The predicted octanol–water partition coefficient (Wildman–Crippen LogP) is 3.38. The van der Waals surface area contributed by atoms with Crippen LogP contribution in [0.15, 0.2) is 48.5 Å². The second-order valence-electron chi connectivity index (χ2n) is 6.01. The highest BCUT2D eigenvalue weighted by Crippen LogP contribution is 2.15. The van der Waals surface area contributed by atoms with E-state index in [4.69, 9.17) is 21.1 Å². The number of ether oxygens (including phenoxy) is 2. The first-order valence-corrected chi connectivity index (χ1v) is 9.54. The van der Waals surface area contributed by atoms with E-state index < -0.39 is 18.5 Å². The van der Waals surface area contributed by atoms with Gasteiger partial charge in [-0.1, -0.05) is 11.6 Å². The number of benzene rings is 2. The van der Waals surface area contributed by atoms with Gasteiger partial charge in [-0.2, -0.15) is 0 Å². The SMILES string of the molecule is CCN(CC)C(=O)c1ccc(NC(=O)COC(=O)COc2ccc(Cl)cc2)cc1. The number of esters is 1. The highest BCUT2D eigenvalue weighted by atomic mass is 35.5. The average molecular weight is 419 g/mol. The van der Waals surface area contributed by atoms with Gasteiger partial charge in [-0.05, 0) is 62.4 Å². The maximum absolute atomic E-state index is 12.3. The summed E-state index contributed by atoms with van der Waals surface area (Å²) in [5.74, 6) is -0.763. The number of hydrogen-bond donors (Lipinski definition) is 1. The van der Waals surface area contributed by atoms with Crippen LogP contribution >= 0.6 is 11.6 Å². The van der Waals surface area contributed by atoms with Crippen LogP contribution in [-0.2, 0) is 14.3 Å². The maximum Gasteiger partial charge on any atom is 0.344 e. The van der Waals surface area contributed by atoms with Gasteiger partial charge in [0.05, 0.1) is 0 Å². The Bertz CT molecular complexity index is 833. The van der Waals surface area contributed by atoms with E-state index in [1.807, 2.05) is 13.8 Å². The van der Waals surface area contributed by atoms with Crippen LogP contribution in [0.3, 0.4) is 0 Å². The quantitative estimate of drug-likeness (QED) is 0.631. The van der Waals surface area contributed by atoms with Crippen molar-refractivity contribution >= 4 is 35.1 Å². The van der Waals surface area contributed by atoms with Gasteiger partial charge in [0.2, 0.25) is 0 Å². The summed E-state index contributed by atoms with van der Waals surface area (Å²) in [5, 5.41) is 3.16. The minimum Gasteiger partial charge on any atom is -0.482 e. The monoisotopic (exact) mass is 418 g/mol. The van der Waals surface area contributed by atoms with Gasteiger partial charge in [0.15, 0.2) is 13.2 Å². The summed E-state index contributed by atoms with van der Waals surface area (Å²) >= 11 is 5.77. The molecule has 2 rings (SSSR count). The predicted molar refractivity (Wildman–Crippen MR) is 110 cm³/mol. The van der Waals surface area contributed by atoms with Gasteiger partial charge in [-0.15, -0.1) is 0 Å². The molecule has 0 atom stereocenters. The molecule has 1 N–H and O–H groups in total. The number of halogens is 1. The first-order valence-electron chi connectivity index (χ1n) is 9.16. The first-order chi connectivity index (χ1) is 13.9. The molecule has 2 amide bonds. The number of nitrogens with one attached hydrogen (secondary N) is 1. The number of anilines is 1. The molecule has 2 aromatic rings. The molecule has 0 saturated heterocycles. The summed E-state index contributed by atoms with van der Waals surface area (Å²) < 4.78 is 10.1. The van der Waals surface area contributed by atoms with E-state index in [2.05, 4.69) is 5.32 Å². The molecule has 154 valence electrons. The fourth-order valence-corrected chi connectivity index (χ4v) is 2.57. The molecule has 0 aromatic heterocycles. The summed E-state index contributed by atoms with van der Waals surface area (Å²) in [6.45, 7) is 4.32. The molecule has 0 fully saturated rings. The lowest BCUT2D eigenvalue weighted by Crippen LogP contribution is -2.30. The average Bonchev–Trinajstić information content (AvgIpc) is 2.73. The van der Waals surface area contributed by atoms with E-state index in [0.717, 1.165) is 0 Å². The van der Waals surface area contributed by atoms with Gasteiger partial charge in [-0.25, -0.2) is 4.79 Å². The van der Waals surface area contributed by atoms with Gasteiger partial charge in [0.25, 0.3) is 11.8 Å². The van der Waals surface area contributed by atoms with Crippen LogP contribution in [0.25, 0.3) is 0 Å². The second-order valence-corrected chi connectivity index (χ2v) is 6.44. The zero-order valence-corrected chi connectivity index (χ0v) is 17.1. The van der Waals surface area contributed by atoms with Gasteiger partial charge in [0, 0.05) is 29.4 Å². The third-order valence-corrected chi connectivity index (χ3v) is 4.25. The molecule has 0 aliphatic heterocycles. The van der Waals surface area contributed by atoms with Crippen molar-refractivity contribution in [3.05, 3.63) is 59.1 Å². The molecule has 2 aromatic carbocycles. The largest absolute Gasteiger partial charge is 0.482 e. The zero-order chi connectivity index (χ0) is 21.2. The lowest BCUT2D eigenvalue weighted by atomic mass is 10.2. The van der Waals surface area contributed by atoms with Crippen LogP contribution in [0.4, 0.5) is 5.69 Å². The topological polar surface area (TPSA) is 84.9 Å². The Labute approximate surface area is 174 Å². The third-order valence-electron chi connectivity index (χ3n) is 4.00. The molecular formula is C21H23ClN2O5. The smallest absolute Gasteiger partial charge is 0.344 e. The van der Waals surface area contributed by atoms with Crippen LogP contribution in [0.2, 0.25) is 5.02 Å². The Morgan fingerprint density at radius 3 is 2.14 bits per heavy atom. The van der Waals surface area contributed by atoms with Crippen molar-refractivity contribution < 1.29 is 23.9 Å². The van der Waals surface area contributed by atoms with E-state index in [1.54, 1.807) is 53.4 Å². The minimum atomic E-state index is -0.671. The number of carbonyl (C=O) groups is 3. The summed E-state index contributed by atoms with van der Waals surface area (Å²) in [6.07, 6.45) is 0. The van der Waals surface area contributed by atoms with Gasteiger partial charge < -0.3 is 19.7 Å². The molecule has 8 heteroatoms. The van der Waals surface area contributed by atoms with Crippen molar-refractivity contribution in [3.63, 3.8) is 0 Å². The number of amides is 2. The molecule has 0 aliphatic rings. The van der Waals surface area contributed by atoms with Gasteiger partial charge >= 0.3 is 5.97 Å². The van der Waals surface area contributed by atoms with Crippen molar-refractivity contribution in [1.29, 1.82) is 0 Å². The van der Waals surface area contributed by atoms with Gasteiger partial charge in [-0.3, -0.25) is 9.59 Å². The van der Waals surface area contributed by atoms with Crippen LogP contribution in [0.1, 0.15) is 24.2 Å². The zero-order valence-electron chi connectivity index (χ0n) is 16.3. The van der Waals surface area contributed by atoms with E-state index >= 15 is 0 Å². The molecular weight excluding hydrogens is 396 g/mol. The van der Waals surface area contributed by atoms with Crippen molar-refractivity contribution in [1.82, 2.24) is 4.90 Å². The fraction of sp³-hybridized carbons (Fsp3) is 0.286.